The Morgan fingerprint density at radius 1 is 1.27 bits per heavy atom. The minimum absolute atomic E-state index is 0.0705. The van der Waals surface area contributed by atoms with Crippen LogP contribution in [-0.2, 0) is 42.8 Å². The molecule has 2 aromatic carbocycles. The van der Waals surface area contributed by atoms with Gasteiger partial charge in [0.15, 0.2) is 9.84 Å². The van der Waals surface area contributed by atoms with E-state index in [1.165, 1.54) is 12.1 Å². The zero-order valence-corrected chi connectivity index (χ0v) is 17.9. The van der Waals surface area contributed by atoms with Crippen LogP contribution < -0.4 is 11.2 Å². The highest BCUT2D eigenvalue weighted by Gasteiger charge is 2.28. The summed E-state index contributed by atoms with van der Waals surface area (Å²) in [4.78, 5) is 12.1. The number of hydrogen-bond donors (Lipinski definition) is 2. The molecule has 0 atom stereocenters. The third-order valence-corrected chi connectivity index (χ3v) is 6.61. The molecule has 9 heteroatoms. The molecule has 1 aliphatic rings. The molecule has 0 saturated carbocycles. The lowest BCUT2D eigenvalue weighted by Crippen LogP contribution is -2.28. The van der Waals surface area contributed by atoms with E-state index >= 15 is 0 Å². The first kappa shape index (κ1) is 22.3. The van der Waals surface area contributed by atoms with E-state index in [-0.39, 0.29) is 35.4 Å². The van der Waals surface area contributed by atoms with Crippen molar-refractivity contribution < 1.29 is 27.6 Å². The number of carbonyl (C=O) groups is 1. The second kappa shape index (κ2) is 9.20. The van der Waals surface area contributed by atoms with Crippen molar-refractivity contribution in [2.24, 2.45) is 5.92 Å². The molecule has 7 nitrogen and oxygen atoms in total. The molecule has 0 radical (unpaired) electrons. The van der Waals surface area contributed by atoms with E-state index in [1.807, 2.05) is 13.8 Å². The van der Waals surface area contributed by atoms with Crippen LogP contribution in [0.4, 0.5) is 5.69 Å². The van der Waals surface area contributed by atoms with Gasteiger partial charge in [-0.1, -0.05) is 32.0 Å². The van der Waals surface area contributed by atoms with Gasteiger partial charge in [-0.25, -0.2) is 8.42 Å². The van der Waals surface area contributed by atoms with Gasteiger partial charge in [-0.3, -0.25) is 4.79 Å². The van der Waals surface area contributed by atoms with E-state index in [0.29, 0.717) is 35.5 Å². The third kappa shape index (κ3) is 5.41. The van der Waals surface area contributed by atoms with E-state index < -0.39 is 17.0 Å². The maximum atomic E-state index is 13.1. The Morgan fingerprint density at radius 2 is 2.03 bits per heavy atom. The fourth-order valence-electron chi connectivity index (χ4n) is 3.32. The van der Waals surface area contributed by atoms with Gasteiger partial charge in [0.25, 0.3) is 0 Å². The molecule has 0 aromatic heterocycles. The van der Waals surface area contributed by atoms with Gasteiger partial charge < -0.3 is 20.1 Å². The van der Waals surface area contributed by atoms with Gasteiger partial charge in [-0.15, -0.1) is 0 Å². The van der Waals surface area contributed by atoms with E-state index in [2.05, 4.69) is 0 Å². The highest BCUT2D eigenvalue weighted by atomic mass is 32.2. The van der Waals surface area contributed by atoms with Crippen molar-refractivity contribution in [3.05, 3.63) is 53.1 Å². The Bertz CT molecular complexity index is 1040. The van der Waals surface area contributed by atoms with E-state index in [1.54, 1.807) is 24.3 Å². The number of carbonyl (C=O) groups excluding carboxylic acids is 1. The molecule has 0 amide bonds. The van der Waals surface area contributed by atoms with Crippen LogP contribution in [0.5, 0.6) is 0 Å². The number of nitrogen functional groups attached to an aromatic ring is 1. The van der Waals surface area contributed by atoms with Crippen molar-refractivity contribution in [1.29, 1.82) is 0 Å². The number of esters is 1. The molecule has 0 bridgehead atoms. The summed E-state index contributed by atoms with van der Waals surface area (Å²) in [6.45, 7) is 4.52. The van der Waals surface area contributed by atoms with Crippen LogP contribution in [-0.4, -0.2) is 33.1 Å². The normalized spacial score (nSPS) is 13.5. The van der Waals surface area contributed by atoms with Crippen molar-refractivity contribution in [3.63, 3.8) is 0 Å². The zero-order valence-electron chi connectivity index (χ0n) is 17.1. The highest BCUT2D eigenvalue weighted by Crippen LogP contribution is 2.25. The molecule has 0 saturated heterocycles. The molecule has 0 unspecified atom stereocenters. The molecule has 30 heavy (non-hydrogen) atoms. The largest absolute Gasteiger partial charge is 0.491 e. The van der Waals surface area contributed by atoms with Gasteiger partial charge in [0, 0.05) is 12.1 Å². The van der Waals surface area contributed by atoms with E-state index in [9.17, 15) is 18.2 Å². The Kier molecular flexibility index (Phi) is 6.85. The summed E-state index contributed by atoms with van der Waals surface area (Å²) >= 11 is 0. The first-order chi connectivity index (χ1) is 14.2. The number of sulfone groups is 1. The Balaban J connectivity index is 1.79. The van der Waals surface area contributed by atoms with Crippen LogP contribution in [0, 0.1) is 5.92 Å². The first-order valence-electron chi connectivity index (χ1n) is 9.84. The quantitative estimate of drug-likeness (QED) is 0.371. The van der Waals surface area contributed by atoms with Crippen molar-refractivity contribution in [1.82, 2.24) is 0 Å². The van der Waals surface area contributed by atoms with E-state index in [4.69, 9.17) is 15.1 Å². The minimum Gasteiger partial charge on any atom is -0.465 e. The van der Waals surface area contributed by atoms with Crippen LogP contribution in [0.2, 0.25) is 0 Å². The summed E-state index contributed by atoms with van der Waals surface area (Å²) in [6, 6.07) is 9.75. The lowest BCUT2D eigenvalue weighted by Gasteiger charge is -2.13. The SMILES string of the molecule is CC(C)COC(=O)CCc1cc(N)ccc1S(=O)(=O)Cc1ccc2c(c1)B(O)OC2. The van der Waals surface area contributed by atoms with Gasteiger partial charge in [-0.2, -0.15) is 0 Å². The molecule has 0 fully saturated rings. The van der Waals surface area contributed by atoms with Crippen LogP contribution in [0.15, 0.2) is 41.3 Å². The second-order valence-electron chi connectivity index (χ2n) is 7.90. The smallest absolute Gasteiger partial charge is 0.465 e. The molecule has 1 heterocycles. The predicted octanol–water partition coefficient (Wildman–Crippen LogP) is 1.59. The number of fused-ring (bicyclic) bond motifs is 1. The van der Waals surface area contributed by atoms with Crippen LogP contribution >= 0.6 is 0 Å². The number of rotatable bonds is 8. The average Bonchev–Trinajstić information content (AvgIpc) is 3.04. The van der Waals surface area contributed by atoms with Gasteiger partial charge in [0.05, 0.1) is 23.9 Å². The Hall–Kier alpha value is -2.36. The van der Waals surface area contributed by atoms with Crippen LogP contribution in [0.3, 0.4) is 0 Å². The molecule has 160 valence electrons. The maximum absolute atomic E-state index is 13.1. The average molecular weight is 431 g/mol. The monoisotopic (exact) mass is 431 g/mol. The summed E-state index contributed by atoms with van der Waals surface area (Å²) < 4.78 is 36.6. The summed E-state index contributed by atoms with van der Waals surface area (Å²) in [5.74, 6) is -0.377. The topological polar surface area (TPSA) is 116 Å². The number of ether oxygens (including phenoxy) is 1. The molecular weight excluding hydrogens is 405 g/mol. The summed E-state index contributed by atoms with van der Waals surface area (Å²) in [6.07, 6.45) is 0.286. The number of anilines is 1. The zero-order chi connectivity index (χ0) is 21.9. The third-order valence-electron chi connectivity index (χ3n) is 4.83. The molecular formula is C21H26BNO6S. The van der Waals surface area contributed by atoms with Crippen molar-refractivity contribution in [2.45, 2.75) is 43.9 Å². The summed E-state index contributed by atoms with van der Waals surface area (Å²) in [5.41, 5.74) is 8.76. The van der Waals surface area contributed by atoms with Crippen molar-refractivity contribution in [2.75, 3.05) is 12.3 Å². The summed E-state index contributed by atoms with van der Waals surface area (Å²) in [7, 11) is -4.73. The molecule has 1 aliphatic heterocycles. The van der Waals surface area contributed by atoms with E-state index in [0.717, 1.165) is 5.56 Å². The number of aryl methyl sites for hydroxylation is 1. The molecule has 0 spiro atoms. The van der Waals surface area contributed by atoms with Gasteiger partial charge >= 0.3 is 13.1 Å². The van der Waals surface area contributed by atoms with Crippen molar-refractivity contribution >= 4 is 34.1 Å². The van der Waals surface area contributed by atoms with Gasteiger partial charge in [0.1, 0.15) is 0 Å². The van der Waals surface area contributed by atoms with Crippen molar-refractivity contribution in [3.8, 4) is 0 Å². The lowest BCUT2D eigenvalue weighted by molar-refractivity contribution is -0.144. The fraction of sp³-hybridized carbons (Fsp3) is 0.381. The van der Waals surface area contributed by atoms with Crippen LogP contribution in [0.25, 0.3) is 0 Å². The fourth-order valence-corrected chi connectivity index (χ4v) is 4.93. The highest BCUT2D eigenvalue weighted by molar-refractivity contribution is 7.90. The number of hydrogen-bond acceptors (Lipinski definition) is 7. The lowest BCUT2D eigenvalue weighted by atomic mass is 9.79. The molecule has 3 N–H and O–H groups in total. The Labute approximate surface area is 177 Å². The van der Waals surface area contributed by atoms with Crippen LogP contribution in [0.1, 0.15) is 37.0 Å². The predicted molar refractivity (Wildman–Crippen MR) is 115 cm³/mol. The maximum Gasteiger partial charge on any atom is 0.491 e. The summed E-state index contributed by atoms with van der Waals surface area (Å²) in [5, 5.41) is 9.87. The molecule has 2 aromatic rings. The molecule has 3 rings (SSSR count). The Morgan fingerprint density at radius 3 is 2.77 bits per heavy atom. The van der Waals surface area contributed by atoms with Gasteiger partial charge in [-0.05, 0) is 52.7 Å². The standard InChI is InChI=1S/C21H26BNO6S/c1-14(2)11-28-21(24)8-5-16-10-18(23)6-7-20(16)30(26,27)13-15-3-4-17-12-29-22(25)19(17)9-15/h3-4,6-7,9-10,14,25H,5,8,11-13,23H2,1-2H3. The molecule has 0 aliphatic carbocycles. The van der Waals surface area contributed by atoms with Gasteiger partial charge in [0.2, 0.25) is 0 Å². The number of nitrogens with two attached hydrogens (primary N) is 1. The second-order valence-corrected chi connectivity index (χ2v) is 9.86. The first-order valence-corrected chi connectivity index (χ1v) is 11.5. The number of benzene rings is 2. The minimum atomic E-state index is -3.70.